The number of hydrogen-bond donors (Lipinski definition) is 0. The highest BCUT2D eigenvalue weighted by Gasteiger charge is 2.30. The first-order valence-electron chi connectivity index (χ1n) is 12.4. The highest BCUT2D eigenvalue weighted by molar-refractivity contribution is 7.98. The molecule has 0 radical (unpaired) electrons. The normalized spacial score (nSPS) is 16.2. The summed E-state index contributed by atoms with van der Waals surface area (Å²) in [4.78, 5) is 28.5. The van der Waals surface area contributed by atoms with Gasteiger partial charge in [-0.05, 0) is 51.0 Å². The van der Waals surface area contributed by atoms with E-state index in [0.29, 0.717) is 37.9 Å². The molecule has 0 unspecified atom stereocenters. The second-order valence-corrected chi connectivity index (χ2v) is 11.5. The van der Waals surface area contributed by atoms with E-state index in [-0.39, 0.29) is 11.1 Å². The van der Waals surface area contributed by atoms with Crippen LogP contribution >= 0.6 is 23.4 Å². The van der Waals surface area contributed by atoms with Crippen molar-refractivity contribution in [2.24, 2.45) is 0 Å². The number of halogens is 2. The maximum absolute atomic E-state index is 14.3. The highest BCUT2D eigenvalue weighted by Crippen LogP contribution is 2.38. The molecule has 0 N–H and O–H groups in total. The van der Waals surface area contributed by atoms with E-state index < -0.39 is 11.4 Å². The molecule has 37 heavy (non-hydrogen) atoms. The molecule has 0 saturated carbocycles. The van der Waals surface area contributed by atoms with E-state index in [0.717, 1.165) is 46.5 Å². The molecule has 0 atom stereocenters. The molecule has 0 aliphatic carbocycles. The van der Waals surface area contributed by atoms with Gasteiger partial charge in [0.15, 0.2) is 5.16 Å². The fraction of sp³-hybridized carbons (Fsp3) is 0.444. The first-order chi connectivity index (χ1) is 17.6. The smallest absolute Gasteiger partial charge is 0.410 e. The number of rotatable bonds is 3. The van der Waals surface area contributed by atoms with Crippen LogP contribution in [0.5, 0.6) is 0 Å². The third-order valence-corrected chi connectivity index (χ3v) is 7.61. The van der Waals surface area contributed by atoms with E-state index in [1.165, 1.54) is 17.8 Å². The summed E-state index contributed by atoms with van der Waals surface area (Å²) < 4.78 is 19.9. The van der Waals surface area contributed by atoms with Crippen molar-refractivity contribution in [3.63, 3.8) is 0 Å². The number of amides is 1. The van der Waals surface area contributed by atoms with Gasteiger partial charge in [0, 0.05) is 49.4 Å². The fourth-order valence-corrected chi connectivity index (χ4v) is 5.58. The van der Waals surface area contributed by atoms with Crippen molar-refractivity contribution < 1.29 is 13.9 Å². The number of carbonyl (C=O) groups is 1. The van der Waals surface area contributed by atoms with Gasteiger partial charge in [-0.3, -0.25) is 0 Å². The average Bonchev–Trinajstić information content (AvgIpc) is 2.88. The summed E-state index contributed by atoms with van der Waals surface area (Å²) in [5, 5.41) is 2.50. The molecule has 2 aliphatic heterocycles. The Balaban J connectivity index is 1.40. The number of piperazine rings is 1. The zero-order valence-corrected chi connectivity index (χ0v) is 23.1. The van der Waals surface area contributed by atoms with Crippen molar-refractivity contribution in [3.8, 4) is 0 Å². The number of anilines is 2. The number of nitrogens with zero attached hydrogens (tertiary/aromatic N) is 5. The highest BCUT2D eigenvalue weighted by atomic mass is 35.5. The Bertz CT molecular complexity index is 1340. The predicted octanol–water partition coefficient (Wildman–Crippen LogP) is 5.76. The molecule has 3 aromatic rings. The van der Waals surface area contributed by atoms with Crippen molar-refractivity contribution in [2.75, 3.05) is 48.8 Å². The fourth-order valence-electron chi connectivity index (χ4n) is 4.93. The molecule has 1 saturated heterocycles. The largest absolute Gasteiger partial charge is 0.444 e. The Morgan fingerprint density at radius 1 is 1.05 bits per heavy atom. The molecule has 5 rings (SSSR count). The van der Waals surface area contributed by atoms with Gasteiger partial charge in [0.25, 0.3) is 0 Å². The van der Waals surface area contributed by atoms with Gasteiger partial charge in [-0.1, -0.05) is 41.6 Å². The topological polar surface area (TPSA) is 61.8 Å². The number of benzene rings is 2. The van der Waals surface area contributed by atoms with Crippen LogP contribution in [0.3, 0.4) is 0 Å². The molecule has 7 nitrogen and oxygen atoms in total. The van der Waals surface area contributed by atoms with Crippen molar-refractivity contribution in [1.29, 1.82) is 0 Å². The Hall–Kier alpha value is -2.78. The maximum Gasteiger partial charge on any atom is 0.410 e. The van der Waals surface area contributed by atoms with Crippen LogP contribution in [0.1, 0.15) is 32.0 Å². The van der Waals surface area contributed by atoms with E-state index >= 15 is 0 Å². The van der Waals surface area contributed by atoms with Gasteiger partial charge in [-0.2, -0.15) is 0 Å². The molecule has 1 fully saturated rings. The number of ether oxygens (including phenoxy) is 1. The molecule has 0 bridgehead atoms. The van der Waals surface area contributed by atoms with Gasteiger partial charge >= 0.3 is 6.09 Å². The molecule has 1 amide bonds. The third-order valence-electron chi connectivity index (χ3n) is 6.69. The van der Waals surface area contributed by atoms with E-state index in [1.807, 2.05) is 45.2 Å². The molecule has 2 aliphatic rings. The van der Waals surface area contributed by atoms with E-state index in [2.05, 4.69) is 9.80 Å². The average molecular weight is 544 g/mol. The molecule has 196 valence electrons. The molecular formula is C27H31ClFN5O2S. The number of thioether (sulfide) groups is 1. The summed E-state index contributed by atoms with van der Waals surface area (Å²) in [6.07, 6.45) is 2.46. The van der Waals surface area contributed by atoms with Crippen LogP contribution < -0.4 is 9.80 Å². The predicted molar refractivity (Wildman–Crippen MR) is 148 cm³/mol. The minimum atomic E-state index is -0.515. The Morgan fingerprint density at radius 3 is 2.51 bits per heavy atom. The quantitative estimate of drug-likeness (QED) is 0.307. The summed E-state index contributed by atoms with van der Waals surface area (Å²) in [7, 11) is 0. The third kappa shape index (κ3) is 5.29. The van der Waals surface area contributed by atoms with Crippen LogP contribution in [0.25, 0.3) is 10.8 Å². The Morgan fingerprint density at radius 2 is 1.81 bits per heavy atom. The minimum Gasteiger partial charge on any atom is -0.444 e. The lowest BCUT2D eigenvalue weighted by atomic mass is 10.0. The molecule has 2 aromatic carbocycles. The van der Waals surface area contributed by atoms with Crippen LogP contribution in [0, 0.1) is 5.82 Å². The van der Waals surface area contributed by atoms with Crippen molar-refractivity contribution in [1.82, 2.24) is 14.9 Å². The van der Waals surface area contributed by atoms with Gasteiger partial charge < -0.3 is 19.4 Å². The summed E-state index contributed by atoms with van der Waals surface area (Å²) in [6.45, 7) is 9.48. The second kappa shape index (κ2) is 10.2. The number of aromatic nitrogens is 2. The lowest BCUT2D eigenvalue weighted by molar-refractivity contribution is 0.0240. The molecule has 3 heterocycles. The summed E-state index contributed by atoms with van der Waals surface area (Å²) >= 11 is 7.93. The van der Waals surface area contributed by atoms with E-state index in [9.17, 15) is 9.18 Å². The zero-order chi connectivity index (χ0) is 26.3. The first-order valence-corrected chi connectivity index (χ1v) is 14.0. The molecular weight excluding hydrogens is 513 g/mol. The summed E-state index contributed by atoms with van der Waals surface area (Å²) in [5.41, 5.74) is 2.50. The van der Waals surface area contributed by atoms with Crippen molar-refractivity contribution in [2.45, 2.75) is 44.5 Å². The lowest BCUT2D eigenvalue weighted by Crippen LogP contribution is -2.50. The SMILES string of the molecule is CSc1nc2c(c(N3CCN(C(=O)OC(C)(C)C)CC3)n1)CCN(c1cccc3ccc(F)c(Cl)c13)C2. The van der Waals surface area contributed by atoms with Crippen LogP contribution in [-0.2, 0) is 17.7 Å². The Kier molecular flexibility index (Phi) is 7.11. The molecule has 1 aromatic heterocycles. The van der Waals surface area contributed by atoms with Crippen molar-refractivity contribution in [3.05, 3.63) is 52.4 Å². The van der Waals surface area contributed by atoms with E-state index in [1.54, 1.807) is 11.0 Å². The first kappa shape index (κ1) is 25.9. The van der Waals surface area contributed by atoms with Crippen LogP contribution in [0.4, 0.5) is 20.7 Å². The monoisotopic (exact) mass is 543 g/mol. The molecule has 0 spiro atoms. The second-order valence-electron chi connectivity index (χ2n) is 10.3. The lowest BCUT2D eigenvalue weighted by Gasteiger charge is -2.38. The van der Waals surface area contributed by atoms with Gasteiger partial charge in [0.2, 0.25) is 0 Å². The number of carbonyl (C=O) groups excluding carboxylic acids is 1. The van der Waals surface area contributed by atoms with Gasteiger partial charge in [0.1, 0.15) is 17.2 Å². The Labute approximate surface area is 225 Å². The maximum atomic E-state index is 14.3. The minimum absolute atomic E-state index is 0.148. The zero-order valence-electron chi connectivity index (χ0n) is 21.6. The summed E-state index contributed by atoms with van der Waals surface area (Å²) in [5.74, 6) is 0.527. The van der Waals surface area contributed by atoms with E-state index in [4.69, 9.17) is 26.3 Å². The van der Waals surface area contributed by atoms with Crippen LogP contribution in [0.2, 0.25) is 5.02 Å². The molecule has 10 heteroatoms. The van der Waals surface area contributed by atoms with Crippen molar-refractivity contribution >= 4 is 51.7 Å². The number of fused-ring (bicyclic) bond motifs is 2. The number of hydrogen-bond acceptors (Lipinski definition) is 7. The van der Waals surface area contributed by atoms with Gasteiger partial charge in [-0.15, -0.1) is 0 Å². The standard InChI is InChI=1S/C27H31ClFN5O2S/c1-27(2,3)36-26(35)33-14-12-32(13-15-33)24-18-10-11-34(16-20(18)30-25(31-24)37-4)21-7-5-6-17-8-9-19(29)23(28)22(17)21/h5-9H,10-16H2,1-4H3. The van der Waals surface area contributed by atoms with Gasteiger partial charge in [-0.25, -0.2) is 19.2 Å². The van der Waals surface area contributed by atoms with Crippen LogP contribution in [0.15, 0.2) is 35.5 Å². The van der Waals surface area contributed by atoms with Gasteiger partial charge in [0.05, 0.1) is 17.3 Å². The van der Waals surface area contributed by atoms with Crippen LogP contribution in [-0.4, -0.2) is 65.5 Å². The summed E-state index contributed by atoms with van der Waals surface area (Å²) in [6, 6.07) is 9.09.